The van der Waals surface area contributed by atoms with Crippen LogP contribution in [0.5, 0.6) is 0 Å². The zero-order chi connectivity index (χ0) is 24.0. The van der Waals surface area contributed by atoms with Gasteiger partial charge in [0, 0.05) is 36.1 Å². The molecule has 2 unspecified atom stereocenters. The summed E-state index contributed by atoms with van der Waals surface area (Å²) in [6.07, 6.45) is -2.40. The second-order valence-electron chi connectivity index (χ2n) is 9.58. The van der Waals surface area contributed by atoms with Crippen molar-refractivity contribution in [1.82, 2.24) is 15.1 Å². The van der Waals surface area contributed by atoms with Crippen LogP contribution in [0.4, 0.5) is 24.7 Å². The molecule has 3 heterocycles. The molecule has 2 aliphatic rings. The van der Waals surface area contributed by atoms with Gasteiger partial charge in [-0.1, -0.05) is 18.2 Å². The number of likely N-dealkylation sites (tertiary alicyclic amines) is 1. The summed E-state index contributed by atoms with van der Waals surface area (Å²) in [5.74, 6) is 1.83. The van der Waals surface area contributed by atoms with Crippen LogP contribution in [-0.4, -0.2) is 48.3 Å². The zero-order valence-electron chi connectivity index (χ0n) is 19.3. The standard InChI is InChI=1S/C25H29F3N6/c1-15-20(4-3-5-22(15)25(26,27)28)23(29)31-24-21-10-19(7-6-16(21)11-30-32-24)34-13-17-8-9-33(2)12-18(17)14-34/h3-7,10-11,17-18,23H,8-9,12-14,29H2,1-2H3,(H,31,32)/t17?,18?,23-/m0/s1. The number of nitrogens with zero attached hydrogens (tertiary/aromatic N) is 4. The summed E-state index contributed by atoms with van der Waals surface area (Å²) in [6.45, 7) is 5.76. The average molecular weight is 471 g/mol. The number of nitrogens with one attached hydrogen (secondary N) is 1. The van der Waals surface area contributed by atoms with Gasteiger partial charge in [0.2, 0.25) is 0 Å². The van der Waals surface area contributed by atoms with E-state index in [1.165, 1.54) is 19.4 Å². The third-order valence-electron chi connectivity index (χ3n) is 7.32. The van der Waals surface area contributed by atoms with Gasteiger partial charge >= 0.3 is 6.18 Å². The largest absolute Gasteiger partial charge is 0.416 e. The highest BCUT2D eigenvalue weighted by Gasteiger charge is 2.36. The van der Waals surface area contributed by atoms with Gasteiger partial charge in [-0.25, -0.2) is 0 Å². The number of hydrogen-bond acceptors (Lipinski definition) is 6. The topological polar surface area (TPSA) is 70.3 Å². The molecule has 1 aromatic heterocycles. The molecule has 2 aliphatic heterocycles. The van der Waals surface area contributed by atoms with Gasteiger partial charge in [0.05, 0.1) is 11.8 Å². The van der Waals surface area contributed by atoms with Crippen molar-refractivity contribution in [1.29, 1.82) is 0 Å². The summed E-state index contributed by atoms with van der Waals surface area (Å²) in [5, 5.41) is 13.1. The molecule has 0 saturated carbocycles. The van der Waals surface area contributed by atoms with E-state index in [-0.39, 0.29) is 5.56 Å². The third kappa shape index (κ3) is 4.30. The van der Waals surface area contributed by atoms with Crippen molar-refractivity contribution in [2.75, 3.05) is 43.4 Å². The van der Waals surface area contributed by atoms with E-state index in [4.69, 9.17) is 5.73 Å². The molecule has 3 N–H and O–H groups in total. The molecule has 0 spiro atoms. The summed E-state index contributed by atoms with van der Waals surface area (Å²) in [4.78, 5) is 4.83. The first kappa shape index (κ1) is 22.9. The lowest BCUT2D eigenvalue weighted by Gasteiger charge is -2.31. The molecular weight excluding hydrogens is 441 g/mol. The number of nitrogens with two attached hydrogens (primary N) is 1. The summed E-state index contributed by atoms with van der Waals surface area (Å²) in [7, 11) is 2.18. The molecule has 0 amide bonds. The van der Waals surface area contributed by atoms with Gasteiger partial charge < -0.3 is 20.9 Å². The van der Waals surface area contributed by atoms with Gasteiger partial charge in [-0.2, -0.15) is 18.3 Å². The fourth-order valence-corrected chi connectivity index (χ4v) is 5.45. The van der Waals surface area contributed by atoms with E-state index in [0.29, 0.717) is 23.2 Å². The molecule has 3 aromatic rings. The highest BCUT2D eigenvalue weighted by molar-refractivity contribution is 5.93. The maximum Gasteiger partial charge on any atom is 0.416 e. The molecule has 3 atom stereocenters. The second kappa shape index (κ2) is 8.70. The van der Waals surface area contributed by atoms with Gasteiger partial charge in [-0.15, -0.1) is 5.10 Å². The summed E-state index contributed by atoms with van der Waals surface area (Å²) in [6, 6.07) is 10.3. The lowest BCUT2D eigenvalue weighted by Crippen LogP contribution is -2.37. The van der Waals surface area contributed by atoms with Crippen LogP contribution < -0.4 is 16.0 Å². The van der Waals surface area contributed by atoms with E-state index in [2.05, 4.69) is 44.5 Å². The fraction of sp³-hybridized carbons (Fsp3) is 0.440. The Morgan fingerprint density at radius 1 is 1.12 bits per heavy atom. The van der Waals surface area contributed by atoms with Crippen LogP contribution in [0.3, 0.4) is 0 Å². The Morgan fingerprint density at radius 3 is 2.71 bits per heavy atom. The average Bonchev–Trinajstić information content (AvgIpc) is 3.21. The quantitative estimate of drug-likeness (QED) is 0.551. The molecule has 0 bridgehead atoms. The van der Waals surface area contributed by atoms with Gasteiger partial charge in [0.15, 0.2) is 5.82 Å². The molecular formula is C25H29F3N6. The van der Waals surface area contributed by atoms with Crippen molar-refractivity contribution in [2.24, 2.45) is 17.6 Å². The molecule has 2 aromatic carbocycles. The Morgan fingerprint density at radius 2 is 1.91 bits per heavy atom. The van der Waals surface area contributed by atoms with E-state index in [1.54, 1.807) is 12.3 Å². The Labute approximate surface area is 196 Å². The van der Waals surface area contributed by atoms with E-state index in [0.717, 1.165) is 48.7 Å². The Balaban J connectivity index is 1.42. The SMILES string of the molecule is Cc1c([C@@H](N)Nc2nncc3ccc(N4CC5CCN(C)CC5C4)cc23)cccc1C(F)(F)F. The van der Waals surface area contributed by atoms with E-state index >= 15 is 0 Å². The van der Waals surface area contributed by atoms with Crippen LogP contribution in [0, 0.1) is 18.8 Å². The predicted molar refractivity (Wildman–Crippen MR) is 128 cm³/mol. The summed E-state index contributed by atoms with van der Waals surface area (Å²) < 4.78 is 40.1. The first-order chi connectivity index (χ1) is 16.2. The predicted octanol–water partition coefficient (Wildman–Crippen LogP) is 4.41. The van der Waals surface area contributed by atoms with Crippen molar-refractivity contribution in [2.45, 2.75) is 25.7 Å². The summed E-state index contributed by atoms with van der Waals surface area (Å²) in [5.41, 5.74) is 7.23. The first-order valence-electron chi connectivity index (χ1n) is 11.6. The van der Waals surface area contributed by atoms with Gasteiger partial charge in [0.25, 0.3) is 0 Å². The molecule has 0 aliphatic carbocycles. The van der Waals surface area contributed by atoms with Crippen molar-refractivity contribution in [3.05, 3.63) is 59.3 Å². The minimum absolute atomic E-state index is 0.105. The maximum atomic E-state index is 13.4. The number of fused-ring (bicyclic) bond motifs is 2. The van der Waals surface area contributed by atoms with Crippen LogP contribution in [0.25, 0.3) is 10.8 Å². The van der Waals surface area contributed by atoms with Crippen LogP contribution >= 0.6 is 0 Å². The second-order valence-corrected chi connectivity index (χ2v) is 9.58. The molecule has 2 fully saturated rings. The smallest absolute Gasteiger partial charge is 0.371 e. The molecule has 0 radical (unpaired) electrons. The molecule has 6 nitrogen and oxygen atoms in total. The van der Waals surface area contributed by atoms with E-state index in [9.17, 15) is 13.2 Å². The van der Waals surface area contributed by atoms with Crippen molar-refractivity contribution in [3.63, 3.8) is 0 Å². The molecule has 5 rings (SSSR count). The molecule has 9 heteroatoms. The van der Waals surface area contributed by atoms with Crippen LogP contribution in [0.1, 0.15) is 29.3 Å². The number of benzene rings is 2. The van der Waals surface area contributed by atoms with Crippen LogP contribution in [0.15, 0.2) is 42.6 Å². The highest BCUT2D eigenvalue weighted by Crippen LogP contribution is 2.37. The summed E-state index contributed by atoms with van der Waals surface area (Å²) >= 11 is 0. The first-order valence-corrected chi connectivity index (χ1v) is 11.6. The van der Waals surface area contributed by atoms with Crippen molar-refractivity contribution < 1.29 is 13.2 Å². The molecule has 2 saturated heterocycles. The normalized spacial score (nSPS) is 22.1. The number of rotatable bonds is 4. The van der Waals surface area contributed by atoms with E-state index < -0.39 is 17.9 Å². The van der Waals surface area contributed by atoms with E-state index in [1.807, 2.05) is 6.07 Å². The van der Waals surface area contributed by atoms with Gasteiger partial charge in [-0.05, 0) is 68.1 Å². The van der Waals surface area contributed by atoms with Crippen LogP contribution in [-0.2, 0) is 6.18 Å². The van der Waals surface area contributed by atoms with Crippen LogP contribution in [0.2, 0.25) is 0 Å². The minimum atomic E-state index is -4.43. The Hall–Kier alpha value is -2.91. The lowest BCUT2D eigenvalue weighted by molar-refractivity contribution is -0.138. The van der Waals surface area contributed by atoms with Crippen molar-refractivity contribution in [3.8, 4) is 0 Å². The number of anilines is 2. The molecule has 34 heavy (non-hydrogen) atoms. The fourth-order valence-electron chi connectivity index (χ4n) is 5.45. The Bertz CT molecular complexity index is 1200. The number of hydrogen-bond donors (Lipinski definition) is 2. The number of alkyl halides is 3. The maximum absolute atomic E-state index is 13.4. The molecule has 180 valence electrons. The number of aromatic nitrogens is 2. The zero-order valence-corrected chi connectivity index (χ0v) is 19.3. The van der Waals surface area contributed by atoms with Crippen molar-refractivity contribution >= 4 is 22.3 Å². The third-order valence-corrected chi connectivity index (χ3v) is 7.32. The highest BCUT2D eigenvalue weighted by atomic mass is 19.4. The lowest BCUT2D eigenvalue weighted by atomic mass is 9.89. The Kier molecular flexibility index (Phi) is 5.85. The minimum Gasteiger partial charge on any atom is -0.371 e. The number of piperidine rings is 1. The van der Waals surface area contributed by atoms with Gasteiger partial charge in [0.1, 0.15) is 6.17 Å². The van der Waals surface area contributed by atoms with Gasteiger partial charge in [-0.3, -0.25) is 0 Å². The monoisotopic (exact) mass is 470 g/mol. The number of halogens is 3.